The summed E-state index contributed by atoms with van der Waals surface area (Å²) in [5.41, 5.74) is 6.25. The topological polar surface area (TPSA) is 156 Å². The van der Waals surface area contributed by atoms with Gasteiger partial charge >= 0.3 is 5.82 Å². The molecule has 0 unspecified atom stereocenters. The Balaban J connectivity index is 0.928. The van der Waals surface area contributed by atoms with E-state index in [1.165, 1.54) is 59.6 Å². The van der Waals surface area contributed by atoms with Crippen LogP contribution in [0.5, 0.6) is 11.5 Å². The van der Waals surface area contributed by atoms with Crippen LogP contribution in [0.15, 0.2) is 89.7 Å². The number of aromatic nitrogens is 3. The molecule has 13 nitrogen and oxygen atoms in total. The molecule has 1 spiro atoms. The summed E-state index contributed by atoms with van der Waals surface area (Å²) < 4.78 is 37.3. The van der Waals surface area contributed by atoms with Gasteiger partial charge in [-0.15, -0.1) is 0 Å². The number of fused-ring (bicyclic) bond motifs is 1. The minimum Gasteiger partial charge on any atom is -0.455 e. The molecule has 1 saturated heterocycles. The number of aromatic amines is 1. The van der Waals surface area contributed by atoms with Gasteiger partial charge in [-0.3, -0.25) is 9.69 Å². The van der Waals surface area contributed by atoms with Crippen LogP contribution in [-0.2, 0) is 16.6 Å². The SMILES string of the molecule is O=C(NS(=O)(=O)c1cc([N+](=O)[O-])n(CCC2CCCCC2)c1)c1ccc(N2CCN(CC3=C(c4ccc(Cl)cc4)CC4(CCC4)CC3)CC2)cc1Oc1cnc2[nH]ccc2c1. The zero-order valence-electron chi connectivity index (χ0n) is 34.3. The van der Waals surface area contributed by atoms with E-state index in [1.807, 2.05) is 24.3 Å². The van der Waals surface area contributed by atoms with Crippen molar-refractivity contribution in [2.75, 3.05) is 37.6 Å². The Hall–Kier alpha value is -5.18. The second-order valence-corrected chi connectivity index (χ2v) is 19.6. The van der Waals surface area contributed by atoms with Crippen LogP contribution in [0.4, 0.5) is 11.5 Å². The van der Waals surface area contributed by atoms with Crippen LogP contribution >= 0.6 is 11.6 Å². The van der Waals surface area contributed by atoms with E-state index in [4.69, 9.17) is 16.3 Å². The molecule has 3 aromatic heterocycles. The van der Waals surface area contributed by atoms with Gasteiger partial charge in [0, 0.05) is 61.1 Å². The molecular formula is C46H52ClN7O6S. The van der Waals surface area contributed by atoms with E-state index in [9.17, 15) is 23.3 Å². The van der Waals surface area contributed by atoms with E-state index >= 15 is 0 Å². The molecule has 1 aliphatic heterocycles. The van der Waals surface area contributed by atoms with Crippen molar-refractivity contribution in [2.45, 2.75) is 88.5 Å². The lowest BCUT2D eigenvalue weighted by Gasteiger charge is -2.47. The molecule has 5 aromatic rings. The average molecular weight is 866 g/mol. The number of hydrogen-bond acceptors (Lipinski definition) is 9. The highest BCUT2D eigenvalue weighted by Crippen LogP contribution is 2.55. The van der Waals surface area contributed by atoms with Crippen molar-refractivity contribution < 1.29 is 22.9 Å². The standard InChI is InChI=1S/C46H52ClN7O6S/c47-36-9-7-33(8-10-36)41-28-46(16-4-17-46)18-13-35(41)30-51-21-23-52(24-22-51)37-11-12-40(42(26-37)60-38-25-34-14-19-48-44(34)49-29-38)45(55)50-61(58,59)39-27-43(54(56)57)53(31-39)20-15-32-5-2-1-3-6-32/h7-12,14,19,25-27,29,31-32H,1-6,13,15-18,20-24,28,30H2,(H,48,49)(H,50,55). The fourth-order valence-electron chi connectivity index (χ4n) is 9.89. The van der Waals surface area contributed by atoms with Crippen LogP contribution in [0.25, 0.3) is 16.6 Å². The number of nitrogens with zero attached hydrogens (tertiary/aromatic N) is 5. The molecule has 9 rings (SSSR count). The van der Waals surface area contributed by atoms with Crippen molar-refractivity contribution in [1.29, 1.82) is 0 Å². The molecule has 3 aliphatic carbocycles. The molecular weight excluding hydrogens is 814 g/mol. The first kappa shape index (κ1) is 41.2. The lowest BCUT2D eigenvalue weighted by Crippen LogP contribution is -2.47. The quantitative estimate of drug-likeness (QED) is 0.0869. The zero-order valence-corrected chi connectivity index (χ0v) is 35.9. The van der Waals surface area contributed by atoms with Crippen LogP contribution in [0, 0.1) is 21.4 Å². The number of allylic oxidation sites excluding steroid dienone is 1. The Bertz CT molecular complexity index is 2570. The van der Waals surface area contributed by atoms with Crippen molar-refractivity contribution in [3.63, 3.8) is 0 Å². The Morgan fingerprint density at radius 2 is 1.77 bits per heavy atom. The number of hydrogen-bond donors (Lipinski definition) is 2. The van der Waals surface area contributed by atoms with Gasteiger partial charge in [0.25, 0.3) is 15.9 Å². The third kappa shape index (κ3) is 9.08. The maximum atomic E-state index is 13.9. The number of pyridine rings is 1. The van der Waals surface area contributed by atoms with Gasteiger partial charge in [-0.2, -0.15) is 0 Å². The van der Waals surface area contributed by atoms with Crippen LogP contribution in [0.3, 0.4) is 0 Å². The van der Waals surface area contributed by atoms with Gasteiger partial charge in [0.05, 0.1) is 24.4 Å². The normalized spacial score (nSPS) is 18.7. The summed E-state index contributed by atoms with van der Waals surface area (Å²) in [6.45, 7) is 4.44. The second kappa shape index (κ2) is 17.3. The highest BCUT2D eigenvalue weighted by atomic mass is 35.5. The van der Waals surface area contributed by atoms with Gasteiger partial charge in [0.1, 0.15) is 28.2 Å². The molecule has 3 fully saturated rings. The van der Waals surface area contributed by atoms with Gasteiger partial charge in [0.2, 0.25) is 0 Å². The third-order valence-corrected chi connectivity index (χ3v) is 15.1. The van der Waals surface area contributed by atoms with Gasteiger partial charge in [-0.25, -0.2) is 22.7 Å². The third-order valence-electron chi connectivity index (χ3n) is 13.6. The molecule has 15 heteroatoms. The molecule has 1 amide bonds. The van der Waals surface area contributed by atoms with Crippen molar-refractivity contribution in [2.24, 2.45) is 11.3 Å². The van der Waals surface area contributed by atoms with Crippen LogP contribution < -0.4 is 14.4 Å². The van der Waals surface area contributed by atoms with Gasteiger partial charge in [-0.1, -0.05) is 67.8 Å². The van der Waals surface area contributed by atoms with Crippen molar-refractivity contribution >= 4 is 55.6 Å². The van der Waals surface area contributed by atoms with E-state index in [2.05, 4.69) is 36.6 Å². The summed E-state index contributed by atoms with van der Waals surface area (Å²) in [5.74, 6) is -0.269. The monoisotopic (exact) mass is 865 g/mol. The number of nitro groups is 1. The van der Waals surface area contributed by atoms with Gasteiger partial charge in [-0.05, 0) is 102 Å². The van der Waals surface area contributed by atoms with Crippen molar-refractivity contribution in [3.8, 4) is 11.5 Å². The number of nitrogens with one attached hydrogen (secondary N) is 2. The zero-order chi connectivity index (χ0) is 42.1. The van der Waals surface area contributed by atoms with E-state index in [0.29, 0.717) is 29.3 Å². The molecule has 2 saturated carbocycles. The fourth-order valence-corrected chi connectivity index (χ4v) is 11.0. The number of rotatable bonds is 13. The maximum Gasteiger partial charge on any atom is 0.324 e. The van der Waals surface area contributed by atoms with Crippen molar-refractivity contribution in [3.05, 3.63) is 111 Å². The largest absolute Gasteiger partial charge is 0.455 e. The summed E-state index contributed by atoms with van der Waals surface area (Å²) in [6.07, 6.45) is 18.3. The predicted octanol–water partition coefficient (Wildman–Crippen LogP) is 9.74. The highest BCUT2D eigenvalue weighted by Gasteiger charge is 2.41. The lowest BCUT2D eigenvalue weighted by atomic mass is 9.59. The second-order valence-electron chi connectivity index (χ2n) is 17.5. The molecule has 4 heterocycles. The van der Waals surface area contributed by atoms with Gasteiger partial charge < -0.3 is 24.7 Å². The molecule has 2 aromatic carbocycles. The highest BCUT2D eigenvalue weighted by molar-refractivity contribution is 7.90. The number of carbonyl (C=O) groups excluding carboxylic acids is 1. The van der Waals surface area contributed by atoms with E-state index in [-0.39, 0.29) is 22.0 Å². The smallest absolute Gasteiger partial charge is 0.324 e. The molecule has 61 heavy (non-hydrogen) atoms. The van der Waals surface area contributed by atoms with Crippen molar-refractivity contribution in [1.82, 2.24) is 24.2 Å². The number of amides is 1. The van der Waals surface area contributed by atoms with Crippen LogP contribution in [0.2, 0.25) is 5.02 Å². The summed E-state index contributed by atoms with van der Waals surface area (Å²) in [4.78, 5) is 37.3. The molecule has 0 atom stereocenters. The predicted molar refractivity (Wildman–Crippen MR) is 237 cm³/mol. The number of piperazine rings is 1. The van der Waals surface area contributed by atoms with Crippen LogP contribution in [0.1, 0.15) is 93.0 Å². The number of H-pyrrole nitrogens is 1. The number of aryl methyl sites for hydroxylation is 1. The molecule has 2 N–H and O–H groups in total. The summed E-state index contributed by atoms with van der Waals surface area (Å²) >= 11 is 6.28. The number of anilines is 1. The number of benzene rings is 2. The number of ether oxygens (including phenoxy) is 1. The number of halogens is 1. The Morgan fingerprint density at radius 3 is 2.51 bits per heavy atom. The molecule has 4 aliphatic rings. The minimum absolute atomic E-state index is 0.00504. The summed E-state index contributed by atoms with van der Waals surface area (Å²) in [6, 6.07) is 18.1. The first-order chi connectivity index (χ1) is 29.5. The summed E-state index contributed by atoms with van der Waals surface area (Å²) in [7, 11) is -4.50. The van der Waals surface area contributed by atoms with E-state index in [1.54, 1.807) is 30.6 Å². The minimum atomic E-state index is -4.50. The summed E-state index contributed by atoms with van der Waals surface area (Å²) in [5, 5.41) is 13.5. The molecule has 320 valence electrons. The first-order valence-electron chi connectivity index (χ1n) is 21.6. The Morgan fingerprint density at radius 1 is 0.984 bits per heavy atom. The maximum absolute atomic E-state index is 13.9. The lowest BCUT2D eigenvalue weighted by molar-refractivity contribution is -0.392. The van der Waals surface area contributed by atoms with Gasteiger partial charge in [0.15, 0.2) is 0 Å². The first-order valence-corrected chi connectivity index (χ1v) is 23.5. The molecule has 0 radical (unpaired) electrons. The molecule has 0 bridgehead atoms. The Labute approximate surface area is 361 Å². The Kier molecular flexibility index (Phi) is 11.7. The number of sulfonamides is 1. The van der Waals surface area contributed by atoms with E-state index in [0.717, 1.165) is 99.8 Å². The fraction of sp³-hybridized carbons (Fsp3) is 0.435. The van der Waals surface area contributed by atoms with Crippen LogP contribution in [-0.4, -0.2) is 71.4 Å². The average Bonchev–Trinajstić information content (AvgIpc) is 3.92. The number of carbonyl (C=O) groups is 1. The van der Waals surface area contributed by atoms with E-state index < -0.39 is 20.9 Å².